The number of nitrogens with one attached hydrogen (secondary N) is 1. The molecular formula is C16H16N2O3. The smallest absolute Gasteiger partial charge is 0.319 e. The molecule has 1 fully saturated rings. The molecular weight excluding hydrogens is 268 g/mol. The van der Waals surface area contributed by atoms with Crippen molar-refractivity contribution in [1.29, 1.82) is 0 Å². The summed E-state index contributed by atoms with van der Waals surface area (Å²) in [5.41, 5.74) is 0.826. The summed E-state index contributed by atoms with van der Waals surface area (Å²) >= 11 is 0. The zero-order chi connectivity index (χ0) is 15.0. The molecule has 1 amide bonds. The summed E-state index contributed by atoms with van der Waals surface area (Å²) in [4.78, 5) is 28.2. The van der Waals surface area contributed by atoms with Gasteiger partial charge in [-0.25, -0.2) is 0 Å². The third-order valence-electron chi connectivity index (χ3n) is 4.16. The zero-order valence-corrected chi connectivity index (χ0v) is 11.7. The highest BCUT2D eigenvalue weighted by molar-refractivity contribution is 6.11. The molecule has 0 unspecified atom stereocenters. The summed E-state index contributed by atoms with van der Waals surface area (Å²) in [5.74, 6) is -1.49. The molecule has 1 saturated carbocycles. The molecule has 1 aliphatic rings. The van der Waals surface area contributed by atoms with E-state index in [0.29, 0.717) is 24.0 Å². The van der Waals surface area contributed by atoms with Gasteiger partial charge in [0, 0.05) is 11.1 Å². The van der Waals surface area contributed by atoms with Gasteiger partial charge in [0.15, 0.2) is 0 Å². The lowest BCUT2D eigenvalue weighted by molar-refractivity contribution is -0.159. The molecule has 1 aliphatic carbocycles. The molecule has 0 radical (unpaired) electrons. The van der Waals surface area contributed by atoms with E-state index in [1.165, 1.54) is 0 Å². The maximum Gasteiger partial charge on any atom is 0.319 e. The van der Waals surface area contributed by atoms with Crippen molar-refractivity contribution in [2.24, 2.45) is 5.41 Å². The van der Waals surface area contributed by atoms with Gasteiger partial charge in [-0.3, -0.25) is 14.6 Å². The van der Waals surface area contributed by atoms with Gasteiger partial charge in [-0.1, -0.05) is 24.6 Å². The second-order valence-electron chi connectivity index (χ2n) is 5.52. The molecule has 2 N–H and O–H groups in total. The summed E-state index contributed by atoms with van der Waals surface area (Å²) in [7, 11) is 0. The lowest BCUT2D eigenvalue weighted by Gasteiger charge is -2.35. The van der Waals surface area contributed by atoms with Crippen LogP contribution < -0.4 is 5.32 Å². The Morgan fingerprint density at radius 1 is 1.24 bits per heavy atom. The number of nitrogens with zero attached hydrogens (tertiary/aromatic N) is 1. The number of hydrogen-bond acceptors (Lipinski definition) is 3. The van der Waals surface area contributed by atoms with Gasteiger partial charge in [0.05, 0.1) is 11.2 Å². The first-order chi connectivity index (χ1) is 10.0. The van der Waals surface area contributed by atoms with Crippen LogP contribution in [0.2, 0.25) is 0 Å². The fourth-order valence-corrected chi connectivity index (χ4v) is 2.66. The van der Waals surface area contributed by atoms with Crippen LogP contribution in [0.4, 0.5) is 5.69 Å². The van der Waals surface area contributed by atoms with Gasteiger partial charge in [0.1, 0.15) is 5.41 Å². The van der Waals surface area contributed by atoms with Crippen LogP contribution in [0.3, 0.4) is 0 Å². The molecule has 1 aromatic carbocycles. The summed E-state index contributed by atoms with van der Waals surface area (Å²) in [6.45, 7) is 1.88. The molecule has 5 nitrogen and oxygen atoms in total. The molecule has 1 heterocycles. The van der Waals surface area contributed by atoms with E-state index < -0.39 is 17.3 Å². The van der Waals surface area contributed by atoms with Crippen LogP contribution in [0.1, 0.15) is 25.0 Å². The van der Waals surface area contributed by atoms with Gasteiger partial charge < -0.3 is 10.4 Å². The Morgan fingerprint density at radius 3 is 2.62 bits per heavy atom. The summed E-state index contributed by atoms with van der Waals surface area (Å²) in [6, 6.07) is 9.32. The predicted octanol–water partition coefficient (Wildman–Crippen LogP) is 2.74. The van der Waals surface area contributed by atoms with E-state index in [1.54, 1.807) is 6.07 Å². The van der Waals surface area contributed by atoms with Crippen LogP contribution in [0.5, 0.6) is 0 Å². The number of aryl methyl sites for hydroxylation is 1. The highest BCUT2D eigenvalue weighted by atomic mass is 16.4. The number of benzene rings is 1. The van der Waals surface area contributed by atoms with Gasteiger partial charge in [0.2, 0.25) is 5.91 Å². The molecule has 0 spiro atoms. The Bertz CT molecular complexity index is 735. The van der Waals surface area contributed by atoms with Crippen molar-refractivity contribution in [2.75, 3.05) is 5.32 Å². The molecule has 21 heavy (non-hydrogen) atoms. The fourth-order valence-electron chi connectivity index (χ4n) is 2.66. The topological polar surface area (TPSA) is 79.3 Å². The maximum absolute atomic E-state index is 12.4. The van der Waals surface area contributed by atoms with Crippen molar-refractivity contribution < 1.29 is 14.7 Å². The average Bonchev–Trinajstić information content (AvgIpc) is 2.37. The maximum atomic E-state index is 12.4. The van der Waals surface area contributed by atoms with E-state index >= 15 is 0 Å². The number of carbonyl (C=O) groups excluding carboxylic acids is 1. The van der Waals surface area contributed by atoms with E-state index in [9.17, 15) is 14.7 Å². The van der Waals surface area contributed by atoms with Crippen LogP contribution in [0.15, 0.2) is 30.3 Å². The minimum atomic E-state index is -1.27. The number of aliphatic carboxylic acids is 1. The van der Waals surface area contributed by atoms with Gasteiger partial charge >= 0.3 is 5.97 Å². The monoisotopic (exact) mass is 284 g/mol. The van der Waals surface area contributed by atoms with Crippen molar-refractivity contribution in [2.45, 2.75) is 26.2 Å². The second-order valence-corrected chi connectivity index (χ2v) is 5.52. The third-order valence-corrected chi connectivity index (χ3v) is 4.16. The lowest BCUT2D eigenvalue weighted by Crippen LogP contribution is -2.48. The standard InChI is InChI=1S/C16H16N2O3/c1-10-6-7-11-4-2-5-12(13(11)17-10)18-14(19)16(15(20)21)8-3-9-16/h2,4-7H,3,8-9H2,1H3,(H,18,19)(H,20,21). The first kappa shape index (κ1) is 13.5. The normalized spacial score (nSPS) is 16.2. The van der Waals surface area contributed by atoms with E-state index in [1.807, 2.05) is 31.2 Å². The molecule has 0 aliphatic heterocycles. The molecule has 2 aromatic rings. The van der Waals surface area contributed by atoms with E-state index in [4.69, 9.17) is 0 Å². The number of para-hydroxylation sites is 1. The van der Waals surface area contributed by atoms with Gasteiger partial charge in [0.25, 0.3) is 0 Å². The average molecular weight is 284 g/mol. The Hall–Kier alpha value is -2.43. The van der Waals surface area contributed by atoms with Gasteiger partial charge in [-0.15, -0.1) is 0 Å². The Morgan fingerprint density at radius 2 is 2.00 bits per heavy atom. The Kier molecular flexibility index (Phi) is 3.12. The second kappa shape index (κ2) is 4.84. The zero-order valence-electron chi connectivity index (χ0n) is 11.7. The molecule has 1 aromatic heterocycles. The quantitative estimate of drug-likeness (QED) is 0.849. The minimum absolute atomic E-state index is 0.394. The molecule has 0 atom stereocenters. The molecule has 0 bridgehead atoms. The molecule has 5 heteroatoms. The Labute approximate surface area is 122 Å². The highest BCUT2D eigenvalue weighted by Crippen LogP contribution is 2.42. The predicted molar refractivity (Wildman–Crippen MR) is 79.0 cm³/mol. The number of aromatic nitrogens is 1. The van der Waals surface area contributed by atoms with Crippen molar-refractivity contribution in [3.05, 3.63) is 36.0 Å². The van der Waals surface area contributed by atoms with E-state index in [0.717, 1.165) is 17.5 Å². The third kappa shape index (κ3) is 2.14. The van der Waals surface area contributed by atoms with E-state index in [2.05, 4.69) is 10.3 Å². The molecule has 3 rings (SSSR count). The number of carboxylic acid groups (broad SMARTS) is 1. The van der Waals surface area contributed by atoms with Crippen molar-refractivity contribution in [3.63, 3.8) is 0 Å². The summed E-state index contributed by atoms with van der Waals surface area (Å²) in [5, 5.41) is 13.0. The number of carbonyl (C=O) groups is 2. The number of hydrogen-bond donors (Lipinski definition) is 2. The number of fused-ring (bicyclic) bond motifs is 1. The largest absolute Gasteiger partial charge is 0.480 e. The highest BCUT2D eigenvalue weighted by Gasteiger charge is 2.51. The number of rotatable bonds is 3. The minimum Gasteiger partial charge on any atom is -0.480 e. The summed E-state index contributed by atoms with van der Waals surface area (Å²) < 4.78 is 0. The summed E-state index contributed by atoms with van der Waals surface area (Å²) in [6.07, 6.45) is 1.56. The van der Waals surface area contributed by atoms with Gasteiger partial charge in [-0.2, -0.15) is 0 Å². The van der Waals surface area contributed by atoms with Gasteiger partial charge in [-0.05, 0) is 31.9 Å². The van der Waals surface area contributed by atoms with Crippen LogP contribution in [-0.4, -0.2) is 22.0 Å². The van der Waals surface area contributed by atoms with Crippen molar-refractivity contribution in [1.82, 2.24) is 4.98 Å². The number of amides is 1. The van der Waals surface area contributed by atoms with Crippen LogP contribution in [0.25, 0.3) is 10.9 Å². The lowest BCUT2D eigenvalue weighted by atomic mass is 9.68. The first-order valence-electron chi connectivity index (χ1n) is 6.94. The van der Waals surface area contributed by atoms with Crippen LogP contribution in [0, 0.1) is 12.3 Å². The van der Waals surface area contributed by atoms with Crippen LogP contribution >= 0.6 is 0 Å². The van der Waals surface area contributed by atoms with Crippen molar-refractivity contribution >= 4 is 28.5 Å². The first-order valence-corrected chi connectivity index (χ1v) is 6.94. The fraction of sp³-hybridized carbons (Fsp3) is 0.312. The van der Waals surface area contributed by atoms with E-state index in [-0.39, 0.29) is 0 Å². The van der Waals surface area contributed by atoms with Crippen LogP contribution in [-0.2, 0) is 9.59 Å². The SMILES string of the molecule is Cc1ccc2cccc(NC(=O)C3(C(=O)O)CCC3)c2n1. The number of pyridine rings is 1. The molecule has 0 saturated heterocycles. The number of carboxylic acids is 1. The molecule has 108 valence electrons. The number of anilines is 1. The Balaban J connectivity index is 1.97. The van der Waals surface area contributed by atoms with Crippen molar-refractivity contribution in [3.8, 4) is 0 Å².